The fourth-order valence-corrected chi connectivity index (χ4v) is 1.89. The number of hydrogen-bond donors (Lipinski definition) is 0. The number of nitrogens with zero attached hydrogens (tertiary/aromatic N) is 3. The number of ether oxygens (including phenoxy) is 1. The lowest BCUT2D eigenvalue weighted by atomic mass is 10.3. The average molecular weight is 314 g/mol. The summed E-state index contributed by atoms with van der Waals surface area (Å²) in [6, 6.07) is 4.32. The molecule has 0 spiro atoms. The standard InChI is InChI=1S/C12H13BrFN3O/c1-2-5-17-12(15-8-16-17)7-18-11-6-9(14)3-4-10(11)13/h3-4,6,8H,2,5,7H2,1H3. The topological polar surface area (TPSA) is 39.9 Å². The second-order valence-corrected chi connectivity index (χ2v) is 4.62. The summed E-state index contributed by atoms with van der Waals surface area (Å²) in [6.07, 6.45) is 2.47. The zero-order chi connectivity index (χ0) is 13.0. The van der Waals surface area contributed by atoms with E-state index in [-0.39, 0.29) is 12.4 Å². The molecular formula is C12H13BrFN3O. The van der Waals surface area contributed by atoms with Gasteiger partial charge in [0, 0.05) is 12.6 Å². The van der Waals surface area contributed by atoms with E-state index in [9.17, 15) is 4.39 Å². The lowest BCUT2D eigenvalue weighted by molar-refractivity contribution is 0.283. The molecule has 0 saturated carbocycles. The Balaban J connectivity index is 2.06. The van der Waals surface area contributed by atoms with Crippen molar-refractivity contribution in [1.29, 1.82) is 0 Å². The molecule has 0 amide bonds. The van der Waals surface area contributed by atoms with E-state index in [0.717, 1.165) is 18.8 Å². The van der Waals surface area contributed by atoms with Crippen molar-refractivity contribution in [3.63, 3.8) is 0 Å². The molecule has 0 aliphatic rings. The minimum atomic E-state index is -0.330. The molecule has 0 atom stereocenters. The molecule has 1 aromatic heterocycles. The van der Waals surface area contributed by atoms with Crippen LogP contribution in [0.1, 0.15) is 19.2 Å². The molecule has 0 bridgehead atoms. The fourth-order valence-electron chi connectivity index (χ4n) is 1.53. The summed E-state index contributed by atoms with van der Waals surface area (Å²) in [5, 5.41) is 4.10. The molecule has 6 heteroatoms. The Labute approximate surface area is 113 Å². The predicted octanol–water partition coefficient (Wildman–Crippen LogP) is 3.17. The van der Waals surface area contributed by atoms with Crippen LogP contribution in [0.4, 0.5) is 4.39 Å². The maximum atomic E-state index is 13.1. The highest BCUT2D eigenvalue weighted by molar-refractivity contribution is 9.10. The van der Waals surface area contributed by atoms with Gasteiger partial charge in [0.15, 0.2) is 5.82 Å². The van der Waals surface area contributed by atoms with Crippen LogP contribution < -0.4 is 4.74 Å². The van der Waals surface area contributed by atoms with Gasteiger partial charge in [-0.15, -0.1) is 0 Å². The molecule has 96 valence electrons. The van der Waals surface area contributed by atoms with E-state index in [0.29, 0.717) is 10.2 Å². The van der Waals surface area contributed by atoms with Gasteiger partial charge in [0.25, 0.3) is 0 Å². The van der Waals surface area contributed by atoms with Gasteiger partial charge in [-0.25, -0.2) is 14.1 Å². The second kappa shape index (κ2) is 5.95. The Kier molecular flexibility index (Phi) is 4.30. The SMILES string of the molecule is CCCn1ncnc1COc1cc(F)ccc1Br. The van der Waals surface area contributed by atoms with Gasteiger partial charge < -0.3 is 4.74 Å². The van der Waals surface area contributed by atoms with Gasteiger partial charge in [-0.05, 0) is 34.5 Å². The minimum absolute atomic E-state index is 0.266. The highest BCUT2D eigenvalue weighted by atomic mass is 79.9. The van der Waals surface area contributed by atoms with Crippen LogP contribution >= 0.6 is 15.9 Å². The lowest BCUT2D eigenvalue weighted by Crippen LogP contribution is -2.08. The Hall–Kier alpha value is -1.43. The largest absolute Gasteiger partial charge is 0.484 e. The van der Waals surface area contributed by atoms with E-state index >= 15 is 0 Å². The molecule has 0 radical (unpaired) electrons. The first-order valence-electron chi connectivity index (χ1n) is 5.65. The minimum Gasteiger partial charge on any atom is -0.484 e. The normalized spacial score (nSPS) is 10.6. The molecule has 0 aliphatic heterocycles. The van der Waals surface area contributed by atoms with Crippen molar-refractivity contribution in [2.24, 2.45) is 0 Å². The van der Waals surface area contributed by atoms with Crippen molar-refractivity contribution >= 4 is 15.9 Å². The first kappa shape index (κ1) is 13.0. The zero-order valence-corrected chi connectivity index (χ0v) is 11.5. The maximum absolute atomic E-state index is 13.1. The third-order valence-corrected chi connectivity index (χ3v) is 3.04. The van der Waals surface area contributed by atoms with Crippen molar-refractivity contribution in [3.8, 4) is 5.75 Å². The number of aryl methyl sites for hydroxylation is 1. The van der Waals surface area contributed by atoms with Crippen molar-refractivity contribution in [2.45, 2.75) is 26.5 Å². The molecule has 0 saturated heterocycles. The molecule has 1 aromatic carbocycles. The summed E-state index contributed by atoms with van der Waals surface area (Å²) in [5.41, 5.74) is 0. The molecule has 0 N–H and O–H groups in total. The molecule has 0 fully saturated rings. The van der Waals surface area contributed by atoms with Crippen molar-refractivity contribution in [2.75, 3.05) is 0 Å². The molecule has 0 aliphatic carbocycles. The summed E-state index contributed by atoms with van der Waals surface area (Å²) < 4.78 is 21.1. The Bertz CT molecular complexity index is 530. The van der Waals surface area contributed by atoms with Gasteiger partial charge in [-0.1, -0.05) is 6.92 Å². The maximum Gasteiger partial charge on any atom is 0.164 e. The van der Waals surface area contributed by atoms with E-state index in [4.69, 9.17) is 4.74 Å². The number of benzene rings is 1. The summed E-state index contributed by atoms with van der Waals surface area (Å²) in [7, 11) is 0. The van der Waals surface area contributed by atoms with Crippen LogP contribution in [0, 0.1) is 5.82 Å². The summed E-state index contributed by atoms with van der Waals surface area (Å²) in [5.74, 6) is 0.859. The summed E-state index contributed by atoms with van der Waals surface area (Å²) in [6.45, 7) is 3.13. The number of aromatic nitrogens is 3. The molecule has 1 heterocycles. The number of rotatable bonds is 5. The fraction of sp³-hybridized carbons (Fsp3) is 0.333. The van der Waals surface area contributed by atoms with E-state index in [2.05, 4.69) is 32.9 Å². The van der Waals surface area contributed by atoms with E-state index in [1.165, 1.54) is 18.5 Å². The first-order valence-corrected chi connectivity index (χ1v) is 6.44. The van der Waals surface area contributed by atoms with Gasteiger partial charge in [0.05, 0.1) is 4.47 Å². The van der Waals surface area contributed by atoms with Crippen molar-refractivity contribution in [1.82, 2.24) is 14.8 Å². The summed E-state index contributed by atoms with van der Waals surface area (Å²) in [4.78, 5) is 4.12. The van der Waals surface area contributed by atoms with Crippen LogP contribution in [-0.4, -0.2) is 14.8 Å². The van der Waals surface area contributed by atoms with Gasteiger partial charge in [-0.3, -0.25) is 0 Å². The van der Waals surface area contributed by atoms with Gasteiger partial charge in [0.2, 0.25) is 0 Å². The lowest BCUT2D eigenvalue weighted by Gasteiger charge is -2.08. The molecule has 2 aromatic rings. The first-order chi connectivity index (χ1) is 8.70. The zero-order valence-electron chi connectivity index (χ0n) is 9.94. The molecule has 0 unspecified atom stereocenters. The average Bonchev–Trinajstić information content (AvgIpc) is 2.78. The number of halogens is 2. The Morgan fingerprint density at radius 1 is 1.44 bits per heavy atom. The van der Waals surface area contributed by atoms with Crippen LogP contribution in [0.2, 0.25) is 0 Å². The van der Waals surface area contributed by atoms with Crippen LogP contribution in [0.25, 0.3) is 0 Å². The van der Waals surface area contributed by atoms with E-state index < -0.39 is 0 Å². The van der Waals surface area contributed by atoms with Crippen LogP contribution in [-0.2, 0) is 13.2 Å². The molecular weight excluding hydrogens is 301 g/mol. The smallest absolute Gasteiger partial charge is 0.164 e. The molecule has 4 nitrogen and oxygen atoms in total. The predicted molar refractivity (Wildman–Crippen MR) is 68.7 cm³/mol. The van der Waals surface area contributed by atoms with Crippen molar-refractivity contribution in [3.05, 3.63) is 40.6 Å². The highest BCUT2D eigenvalue weighted by Crippen LogP contribution is 2.26. The van der Waals surface area contributed by atoms with Gasteiger partial charge >= 0.3 is 0 Å². The van der Waals surface area contributed by atoms with Gasteiger partial charge in [-0.2, -0.15) is 5.10 Å². The van der Waals surface area contributed by atoms with Crippen LogP contribution in [0.15, 0.2) is 29.0 Å². The van der Waals surface area contributed by atoms with E-state index in [1.54, 1.807) is 10.7 Å². The van der Waals surface area contributed by atoms with E-state index in [1.807, 2.05) is 0 Å². The van der Waals surface area contributed by atoms with Crippen LogP contribution in [0.3, 0.4) is 0 Å². The molecule has 18 heavy (non-hydrogen) atoms. The quantitative estimate of drug-likeness (QED) is 0.851. The van der Waals surface area contributed by atoms with Crippen LogP contribution in [0.5, 0.6) is 5.75 Å². The summed E-state index contributed by atoms with van der Waals surface area (Å²) >= 11 is 3.31. The third-order valence-electron chi connectivity index (χ3n) is 2.38. The Morgan fingerprint density at radius 3 is 3.06 bits per heavy atom. The molecule has 2 rings (SSSR count). The van der Waals surface area contributed by atoms with Crippen molar-refractivity contribution < 1.29 is 9.13 Å². The third kappa shape index (κ3) is 3.07. The Morgan fingerprint density at radius 2 is 2.28 bits per heavy atom. The second-order valence-electron chi connectivity index (χ2n) is 3.76. The number of hydrogen-bond acceptors (Lipinski definition) is 3. The monoisotopic (exact) mass is 313 g/mol. The highest BCUT2D eigenvalue weighted by Gasteiger charge is 2.07. The van der Waals surface area contributed by atoms with Gasteiger partial charge in [0.1, 0.15) is 24.5 Å².